The number of nitrogens with zero attached hydrogens (tertiary/aromatic N) is 3. The lowest BCUT2D eigenvalue weighted by atomic mass is 9.97. The predicted octanol–water partition coefficient (Wildman–Crippen LogP) is 3.59. The van der Waals surface area contributed by atoms with Crippen LogP contribution in [0, 0.1) is 12.8 Å². The zero-order valence-electron chi connectivity index (χ0n) is 26.6. The van der Waals surface area contributed by atoms with Crippen LogP contribution in [0.5, 0.6) is 0 Å². The summed E-state index contributed by atoms with van der Waals surface area (Å²) in [5, 5.41) is 11.2. The predicted molar refractivity (Wildman–Crippen MR) is 173 cm³/mol. The normalized spacial score (nSPS) is 21.4. The minimum absolute atomic E-state index is 0.0422. The number of fused-ring (bicyclic) bond motifs is 4. The van der Waals surface area contributed by atoms with Crippen LogP contribution in [-0.4, -0.2) is 63.7 Å². The molecular formula is C33H43N7O5S. The molecule has 0 spiro atoms. The number of carbonyl (C=O) groups excluding carboxylic acids is 4. The molecule has 0 radical (unpaired) electrons. The molecule has 13 heteroatoms. The second-order valence-electron chi connectivity index (χ2n) is 12.5. The number of benzene rings is 1. The minimum Gasteiger partial charge on any atom is -0.443 e. The van der Waals surface area contributed by atoms with E-state index >= 15 is 0 Å². The molecule has 1 aliphatic carbocycles. The molecule has 1 unspecified atom stereocenters. The molecule has 1 aliphatic heterocycles. The van der Waals surface area contributed by atoms with Crippen molar-refractivity contribution in [3.63, 3.8) is 0 Å². The average molecular weight is 650 g/mol. The van der Waals surface area contributed by atoms with E-state index < -0.39 is 23.5 Å². The van der Waals surface area contributed by atoms with E-state index in [1.165, 1.54) is 11.3 Å². The minimum atomic E-state index is -0.929. The van der Waals surface area contributed by atoms with Crippen molar-refractivity contribution < 1.29 is 23.6 Å². The number of hydrogen-bond acceptors (Lipinski definition) is 9. The van der Waals surface area contributed by atoms with Crippen molar-refractivity contribution in [2.24, 2.45) is 11.7 Å². The standard InChI is InChI=1S/C33H43N7O5S/c1-20(2)26-31-37-24(19-46-31)28(42)35-15-17-40(32(44)33(34)13-7-8-14-33)16-9-12-25(41)36-23(18-22-10-5-4-6-11-22)30-39-27(21(3)45-30)29(43)38-26/h4-6,10-11,19-20,23,26H,7-9,12-18,34H2,1-3H3,(H,35,42)(H,36,41)(H,38,43)/t23-,26?/m0/s1. The zero-order valence-corrected chi connectivity index (χ0v) is 27.5. The Morgan fingerprint density at radius 2 is 1.80 bits per heavy atom. The number of rotatable bonds is 4. The van der Waals surface area contributed by atoms with Gasteiger partial charge in [-0.25, -0.2) is 9.97 Å². The Balaban J connectivity index is 1.45. The van der Waals surface area contributed by atoms with Gasteiger partial charge in [0.1, 0.15) is 22.5 Å². The van der Waals surface area contributed by atoms with Gasteiger partial charge in [-0.1, -0.05) is 57.0 Å². The van der Waals surface area contributed by atoms with Gasteiger partial charge in [-0.3, -0.25) is 19.2 Å². The zero-order chi connectivity index (χ0) is 32.8. The number of nitrogens with one attached hydrogen (secondary N) is 3. The maximum Gasteiger partial charge on any atom is 0.274 e. The summed E-state index contributed by atoms with van der Waals surface area (Å²) in [5.41, 5.74) is 6.92. The van der Waals surface area contributed by atoms with Crippen molar-refractivity contribution in [3.8, 4) is 0 Å². The van der Waals surface area contributed by atoms with Crippen LogP contribution in [0.4, 0.5) is 0 Å². The number of carbonyl (C=O) groups is 4. The molecular weight excluding hydrogens is 606 g/mol. The van der Waals surface area contributed by atoms with E-state index in [1.807, 2.05) is 44.2 Å². The van der Waals surface area contributed by atoms with Gasteiger partial charge in [0.25, 0.3) is 11.8 Å². The molecule has 0 saturated heterocycles. The highest BCUT2D eigenvalue weighted by Crippen LogP contribution is 2.30. The van der Waals surface area contributed by atoms with E-state index in [4.69, 9.17) is 10.2 Å². The van der Waals surface area contributed by atoms with E-state index in [0.717, 1.165) is 18.4 Å². The highest BCUT2D eigenvalue weighted by molar-refractivity contribution is 7.09. The molecule has 4 bridgehead atoms. The molecule has 3 heterocycles. The van der Waals surface area contributed by atoms with Crippen LogP contribution in [0.25, 0.3) is 0 Å². The van der Waals surface area contributed by atoms with Crippen molar-refractivity contribution in [2.75, 3.05) is 19.6 Å². The Bertz CT molecular complexity index is 1550. The number of hydrogen-bond donors (Lipinski definition) is 4. The van der Waals surface area contributed by atoms with Gasteiger partial charge in [0.05, 0.1) is 11.6 Å². The van der Waals surface area contributed by atoms with Crippen molar-refractivity contribution in [2.45, 2.75) is 83.3 Å². The average Bonchev–Trinajstić information content (AvgIpc) is 3.79. The van der Waals surface area contributed by atoms with E-state index in [1.54, 1.807) is 17.2 Å². The first-order valence-corrected chi connectivity index (χ1v) is 16.9. The number of nitrogens with two attached hydrogens (primary N) is 1. The summed E-state index contributed by atoms with van der Waals surface area (Å²) in [7, 11) is 0. The summed E-state index contributed by atoms with van der Waals surface area (Å²) in [6.45, 7) is 6.34. The van der Waals surface area contributed by atoms with Crippen molar-refractivity contribution in [1.82, 2.24) is 30.8 Å². The van der Waals surface area contributed by atoms with Gasteiger partial charge < -0.3 is 31.0 Å². The Hall–Kier alpha value is -4.10. The SMILES string of the molecule is Cc1oc2nc1C(=O)NC(C(C)C)c1nc(cs1)C(=O)NCCN(C(=O)C1(N)CCCC1)CCCC(=O)N[C@H]2Cc1ccccc1. The Kier molecular flexibility index (Phi) is 10.5. The fraction of sp³-hybridized carbons (Fsp3) is 0.515. The Morgan fingerprint density at radius 1 is 1.07 bits per heavy atom. The lowest BCUT2D eigenvalue weighted by Gasteiger charge is -2.31. The molecule has 46 heavy (non-hydrogen) atoms. The second kappa shape index (κ2) is 14.5. The van der Waals surface area contributed by atoms with Gasteiger partial charge in [0.15, 0.2) is 5.69 Å². The van der Waals surface area contributed by atoms with Crippen molar-refractivity contribution in [1.29, 1.82) is 0 Å². The summed E-state index contributed by atoms with van der Waals surface area (Å²) >= 11 is 1.29. The summed E-state index contributed by atoms with van der Waals surface area (Å²) < 4.78 is 6.00. The van der Waals surface area contributed by atoms with Crippen molar-refractivity contribution in [3.05, 3.63) is 69.3 Å². The van der Waals surface area contributed by atoms with Gasteiger partial charge in [-0.05, 0) is 37.7 Å². The van der Waals surface area contributed by atoms with Gasteiger partial charge in [-0.15, -0.1) is 11.3 Å². The molecule has 1 aromatic carbocycles. The largest absolute Gasteiger partial charge is 0.443 e. The van der Waals surface area contributed by atoms with Crippen LogP contribution in [-0.2, 0) is 16.0 Å². The molecule has 2 aromatic heterocycles. The number of aromatic nitrogens is 2. The maximum absolute atomic E-state index is 13.6. The van der Waals surface area contributed by atoms with Gasteiger partial charge in [-0.2, -0.15) is 0 Å². The van der Waals surface area contributed by atoms with Gasteiger partial charge in [0, 0.05) is 37.9 Å². The monoisotopic (exact) mass is 649 g/mol. The fourth-order valence-corrected chi connectivity index (χ4v) is 7.05. The van der Waals surface area contributed by atoms with Crippen LogP contribution in [0.15, 0.2) is 40.1 Å². The van der Waals surface area contributed by atoms with E-state index in [9.17, 15) is 19.2 Å². The number of amides is 4. The first kappa shape index (κ1) is 33.3. The van der Waals surface area contributed by atoms with Crippen LogP contribution in [0.1, 0.15) is 108 Å². The summed E-state index contributed by atoms with van der Waals surface area (Å²) in [6.07, 6.45) is 3.96. The third-order valence-corrected chi connectivity index (χ3v) is 9.55. The van der Waals surface area contributed by atoms with Gasteiger partial charge in [0.2, 0.25) is 17.7 Å². The third-order valence-electron chi connectivity index (χ3n) is 8.63. The molecule has 2 atom stereocenters. The Labute approximate surface area is 272 Å². The third kappa shape index (κ3) is 7.81. The lowest BCUT2D eigenvalue weighted by Crippen LogP contribution is -2.55. The highest BCUT2D eigenvalue weighted by atomic mass is 32.1. The molecule has 3 aromatic rings. The highest BCUT2D eigenvalue weighted by Gasteiger charge is 2.40. The van der Waals surface area contributed by atoms with Crippen molar-refractivity contribution >= 4 is 35.0 Å². The van der Waals surface area contributed by atoms with Gasteiger partial charge >= 0.3 is 0 Å². The lowest BCUT2D eigenvalue weighted by molar-refractivity contribution is -0.137. The van der Waals surface area contributed by atoms with Crippen LogP contribution >= 0.6 is 11.3 Å². The molecule has 4 amide bonds. The number of aryl methyl sites for hydroxylation is 1. The first-order chi connectivity index (χ1) is 22.0. The van der Waals surface area contributed by atoms with Crippen LogP contribution in [0.3, 0.4) is 0 Å². The van der Waals surface area contributed by atoms with Crippen LogP contribution < -0.4 is 21.7 Å². The summed E-state index contributed by atoms with van der Waals surface area (Å²) in [6, 6.07) is 8.56. The molecule has 1 fully saturated rings. The van der Waals surface area contributed by atoms with E-state index in [2.05, 4.69) is 25.9 Å². The number of oxazole rings is 1. The molecule has 1 saturated carbocycles. The second-order valence-corrected chi connectivity index (χ2v) is 13.4. The van der Waals surface area contributed by atoms with E-state index in [-0.39, 0.29) is 60.4 Å². The molecule has 246 valence electrons. The topological polar surface area (TPSA) is 173 Å². The summed E-state index contributed by atoms with van der Waals surface area (Å²) in [5.74, 6) is -0.688. The molecule has 2 aliphatic rings. The smallest absolute Gasteiger partial charge is 0.274 e. The quantitative estimate of drug-likeness (QED) is 0.332. The fourth-order valence-electron chi connectivity index (χ4n) is 6.03. The molecule has 5 N–H and O–H groups in total. The Morgan fingerprint density at radius 3 is 2.52 bits per heavy atom. The maximum atomic E-state index is 13.6. The molecule has 12 nitrogen and oxygen atoms in total. The molecule has 5 rings (SSSR count). The number of thiazole rings is 1. The van der Waals surface area contributed by atoms with Crippen LogP contribution in [0.2, 0.25) is 0 Å². The summed E-state index contributed by atoms with van der Waals surface area (Å²) in [4.78, 5) is 64.2. The van der Waals surface area contributed by atoms with E-state index in [0.29, 0.717) is 43.0 Å². The first-order valence-electron chi connectivity index (χ1n) is 16.0.